The van der Waals surface area contributed by atoms with Gasteiger partial charge >= 0.3 is 6.18 Å². The Morgan fingerprint density at radius 1 is 1.05 bits per heavy atom. The normalized spacial score (nSPS) is 12.0. The number of hydrogen-bond acceptors (Lipinski definition) is 4. The van der Waals surface area contributed by atoms with Crippen molar-refractivity contribution in [2.24, 2.45) is 0 Å². The number of halogens is 4. The molecule has 0 bridgehead atoms. The molecule has 5 nitrogen and oxygen atoms in total. The van der Waals surface area contributed by atoms with Crippen molar-refractivity contribution in [3.05, 3.63) is 41.8 Å². The number of rotatable bonds is 1. The maximum absolute atomic E-state index is 13.1. The highest BCUT2D eigenvalue weighted by Crippen LogP contribution is 2.36. The second-order valence-electron chi connectivity index (χ2n) is 3.84. The Bertz CT molecular complexity index is 783. The lowest BCUT2D eigenvalue weighted by Crippen LogP contribution is -2.08. The van der Waals surface area contributed by atoms with Crippen molar-refractivity contribution in [2.45, 2.75) is 6.18 Å². The van der Waals surface area contributed by atoms with E-state index in [2.05, 4.69) is 19.9 Å². The predicted molar refractivity (Wildman–Crippen MR) is 64.0 cm³/mol. The van der Waals surface area contributed by atoms with E-state index in [0.29, 0.717) is 0 Å². The van der Waals surface area contributed by atoms with E-state index in [0.717, 1.165) is 0 Å². The Morgan fingerprint density at radius 2 is 1.85 bits per heavy atom. The van der Waals surface area contributed by atoms with E-state index in [4.69, 9.17) is 11.6 Å². The maximum atomic E-state index is 13.1. The van der Waals surface area contributed by atoms with Gasteiger partial charge in [0.25, 0.3) is 0 Å². The molecule has 20 heavy (non-hydrogen) atoms. The highest BCUT2D eigenvalue weighted by Gasteiger charge is 2.38. The molecule has 9 heteroatoms. The third-order valence-electron chi connectivity index (χ3n) is 2.55. The molecular weight excluding hydrogens is 295 g/mol. The SMILES string of the molecule is FC(F)(F)c1nc2cnccn2c1-c1cncc(Cl)n1. The molecule has 0 aliphatic carbocycles. The number of aromatic nitrogens is 5. The highest BCUT2D eigenvalue weighted by molar-refractivity contribution is 6.29. The summed E-state index contributed by atoms with van der Waals surface area (Å²) in [7, 11) is 0. The minimum absolute atomic E-state index is 0.000342. The van der Waals surface area contributed by atoms with Crippen LogP contribution in [0.2, 0.25) is 5.15 Å². The molecule has 0 aliphatic rings. The minimum Gasteiger partial charge on any atom is -0.295 e. The van der Waals surface area contributed by atoms with Gasteiger partial charge in [0.15, 0.2) is 11.3 Å². The van der Waals surface area contributed by atoms with Crippen molar-refractivity contribution in [1.29, 1.82) is 0 Å². The first-order chi connectivity index (χ1) is 9.47. The van der Waals surface area contributed by atoms with Crippen LogP contribution in [0, 0.1) is 0 Å². The Hall–Kier alpha value is -2.22. The van der Waals surface area contributed by atoms with Gasteiger partial charge in [-0.2, -0.15) is 13.2 Å². The van der Waals surface area contributed by atoms with Crippen LogP contribution in [0.4, 0.5) is 13.2 Å². The van der Waals surface area contributed by atoms with Crippen LogP contribution in [-0.2, 0) is 6.18 Å². The third-order valence-corrected chi connectivity index (χ3v) is 2.73. The van der Waals surface area contributed by atoms with E-state index in [-0.39, 0.29) is 22.2 Å². The van der Waals surface area contributed by atoms with Gasteiger partial charge in [-0.1, -0.05) is 11.6 Å². The van der Waals surface area contributed by atoms with Gasteiger partial charge in [0.05, 0.1) is 18.6 Å². The average Bonchev–Trinajstić information content (AvgIpc) is 2.78. The number of fused-ring (bicyclic) bond motifs is 1. The number of alkyl halides is 3. The van der Waals surface area contributed by atoms with Gasteiger partial charge in [-0.3, -0.25) is 14.4 Å². The monoisotopic (exact) mass is 299 g/mol. The van der Waals surface area contributed by atoms with Crippen LogP contribution in [-0.4, -0.2) is 24.3 Å². The van der Waals surface area contributed by atoms with Crippen molar-refractivity contribution >= 4 is 17.2 Å². The molecule has 0 N–H and O–H groups in total. The van der Waals surface area contributed by atoms with Gasteiger partial charge in [0, 0.05) is 12.4 Å². The van der Waals surface area contributed by atoms with Crippen molar-refractivity contribution in [1.82, 2.24) is 24.3 Å². The van der Waals surface area contributed by atoms with E-state index >= 15 is 0 Å². The second-order valence-corrected chi connectivity index (χ2v) is 4.23. The zero-order valence-electron chi connectivity index (χ0n) is 9.63. The van der Waals surface area contributed by atoms with Gasteiger partial charge < -0.3 is 0 Å². The van der Waals surface area contributed by atoms with Gasteiger partial charge in [-0.15, -0.1) is 0 Å². The molecule has 0 unspecified atom stereocenters. The summed E-state index contributed by atoms with van der Waals surface area (Å²) in [6.45, 7) is 0. The zero-order chi connectivity index (χ0) is 14.3. The van der Waals surface area contributed by atoms with E-state index in [1.54, 1.807) is 0 Å². The Morgan fingerprint density at radius 3 is 2.55 bits per heavy atom. The molecule has 0 saturated heterocycles. The topological polar surface area (TPSA) is 56.0 Å². The van der Waals surface area contributed by atoms with Crippen LogP contribution in [0.3, 0.4) is 0 Å². The molecule has 3 rings (SSSR count). The van der Waals surface area contributed by atoms with Gasteiger partial charge in [0.1, 0.15) is 16.5 Å². The average molecular weight is 300 g/mol. The molecule has 0 aromatic carbocycles. The molecule has 102 valence electrons. The highest BCUT2D eigenvalue weighted by atomic mass is 35.5. The first kappa shape index (κ1) is 12.8. The summed E-state index contributed by atoms with van der Waals surface area (Å²) in [6, 6.07) is 0. The fourth-order valence-electron chi connectivity index (χ4n) is 1.81. The zero-order valence-corrected chi connectivity index (χ0v) is 10.4. The van der Waals surface area contributed by atoms with Crippen molar-refractivity contribution in [3.8, 4) is 11.4 Å². The lowest BCUT2D eigenvalue weighted by Gasteiger charge is -2.07. The number of nitrogens with zero attached hydrogens (tertiary/aromatic N) is 5. The lowest BCUT2D eigenvalue weighted by molar-refractivity contribution is -0.140. The van der Waals surface area contributed by atoms with Crippen molar-refractivity contribution in [3.63, 3.8) is 0 Å². The lowest BCUT2D eigenvalue weighted by atomic mass is 10.2. The van der Waals surface area contributed by atoms with Gasteiger partial charge in [0.2, 0.25) is 0 Å². The summed E-state index contributed by atoms with van der Waals surface area (Å²) in [5.74, 6) is 0. The van der Waals surface area contributed by atoms with Crippen LogP contribution in [0.5, 0.6) is 0 Å². The maximum Gasteiger partial charge on any atom is 0.435 e. The summed E-state index contributed by atoms with van der Waals surface area (Å²) >= 11 is 5.68. The van der Waals surface area contributed by atoms with Gasteiger partial charge in [-0.25, -0.2) is 9.97 Å². The summed E-state index contributed by atoms with van der Waals surface area (Å²) in [5.41, 5.74) is -1.22. The molecule has 0 radical (unpaired) electrons. The summed E-state index contributed by atoms with van der Waals surface area (Å²) < 4.78 is 40.5. The molecule has 3 aromatic rings. The third kappa shape index (κ3) is 2.07. The van der Waals surface area contributed by atoms with Crippen LogP contribution >= 0.6 is 11.6 Å². The molecule has 0 fully saturated rings. The Kier molecular flexibility index (Phi) is 2.82. The van der Waals surface area contributed by atoms with Crippen molar-refractivity contribution < 1.29 is 13.2 Å². The van der Waals surface area contributed by atoms with Crippen molar-refractivity contribution in [2.75, 3.05) is 0 Å². The van der Waals surface area contributed by atoms with Gasteiger partial charge in [-0.05, 0) is 0 Å². The largest absolute Gasteiger partial charge is 0.435 e. The summed E-state index contributed by atoms with van der Waals surface area (Å²) in [4.78, 5) is 14.9. The molecule has 3 heterocycles. The van der Waals surface area contributed by atoms with E-state index < -0.39 is 11.9 Å². The Labute approximate surface area is 115 Å². The van der Waals surface area contributed by atoms with Crippen LogP contribution in [0.25, 0.3) is 17.0 Å². The minimum atomic E-state index is -4.62. The quantitative estimate of drug-likeness (QED) is 0.693. The van der Waals surface area contributed by atoms with E-state index in [1.807, 2.05) is 0 Å². The molecule has 0 saturated carbocycles. The number of hydrogen-bond donors (Lipinski definition) is 0. The smallest absolute Gasteiger partial charge is 0.295 e. The molecule has 0 spiro atoms. The predicted octanol–water partition coefficient (Wildman–Crippen LogP) is 2.86. The molecule has 3 aromatic heterocycles. The first-order valence-electron chi connectivity index (χ1n) is 5.34. The van der Waals surface area contributed by atoms with E-state index in [1.165, 1.54) is 35.4 Å². The molecule has 0 amide bonds. The fourth-order valence-corrected chi connectivity index (χ4v) is 1.95. The standard InChI is InChI=1S/C11H5ClF3N5/c12-7-4-17-3-6(18-7)9-10(11(13,14)15)19-8-5-16-1-2-20(8)9/h1-5H. The van der Waals surface area contributed by atoms with Crippen LogP contribution in [0.15, 0.2) is 31.0 Å². The molecular formula is C11H5ClF3N5. The molecule has 0 aliphatic heterocycles. The second kappa shape index (κ2) is 4.41. The number of imidazole rings is 1. The van der Waals surface area contributed by atoms with E-state index in [9.17, 15) is 13.2 Å². The summed E-state index contributed by atoms with van der Waals surface area (Å²) in [6.07, 6.45) is 1.78. The van der Waals surface area contributed by atoms with Crippen LogP contribution < -0.4 is 0 Å². The van der Waals surface area contributed by atoms with Crippen LogP contribution in [0.1, 0.15) is 5.69 Å². The Balaban J connectivity index is 2.37. The fraction of sp³-hybridized carbons (Fsp3) is 0.0909. The first-order valence-corrected chi connectivity index (χ1v) is 5.72. The molecule has 0 atom stereocenters. The summed E-state index contributed by atoms with van der Waals surface area (Å²) in [5, 5.41) is -0.000342.